The predicted octanol–water partition coefficient (Wildman–Crippen LogP) is 5.76. The van der Waals surface area contributed by atoms with Crippen LogP contribution in [0.15, 0.2) is 48.6 Å². The topological polar surface area (TPSA) is 105 Å². The zero-order chi connectivity index (χ0) is 29.2. The fourth-order valence-electron chi connectivity index (χ4n) is 5.17. The fraction of sp³-hybridized carbons (Fsp3) is 0.667. The Hall–Kier alpha value is -2.19. The summed E-state index contributed by atoms with van der Waals surface area (Å²) in [5.41, 5.74) is 1.58. The smallest absolute Gasteiger partial charge is 0.335 e. The van der Waals surface area contributed by atoms with Gasteiger partial charge in [-0.2, -0.15) is 0 Å². The molecule has 2 unspecified atom stereocenters. The van der Waals surface area contributed by atoms with E-state index in [2.05, 4.69) is 44.3 Å². The molecule has 2 rings (SSSR count). The van der Waals surface area contributed by atoms with Gasteiger partial charge in [0.25, 0.3) is 0 Å². The molecule has 0 aromatic heterocycles. The average Bonchev–Trinajstić information content (AvgIpc) is 2.99. The van der Waals surface area contributed by atoms with Gasteiger partial charge < -0.3 is 29.5 Å². The number of carbonyl (C=O) groups is 1. The van der Waals surface area contributed by atoms with E-state index in [0.717, 1.165) is 44.0 Å². The van der Waals surface area contributed by atoms with Crippen molar-refractivity contribution in [3.8, 4) is 5.75 Å². The first-order chi connectivity index (χ1) is 19.4. The van der Waals surface area contributed by atoms with Gasteiger partial charge in [-0.1, -0.05) is 70.7 Å². The van der Waals surface area contributed by atoms with E-state index < -0.39 is 18.9 Å². The maximum Gasteiger partial charge on any atom is 0.335 e. The Morgan fingerprint density at radius 3 is 2.25 bits per heavy atom. The average molecular weight is 561 g/mol. The standard InChI is InChI=1S/C33H52O7/c1-4-5-6-8-27-16-18-31(19-17-27)38-20-7-9-28-10-12-29(13-11-28)14-15-30(23-39-32(36)25(2)21-34)24-40-33(37)26(3)22-35/h16-19,28-30,32,34-36H,2-15,20-24H2,1H3. The molecule has 0 saturated heterocycles. The number of unbranched alkanes of at least 4 members (excludes halogenated alkanes) is 2. The number of aliphatic hydroxyl groups is 3. The zero-order valence-electron chi connectivity index (χ0n) is 24.5. The lowest BCUT2D eigenvalue weighted by atomic mass is 9.77. The summed E-state index contributed by atoms with van der Waals surface area (Å²) in [7, 11) is 0. The van der Waals surface area contributed by atoms with Crippen LogP contribution in [0.2, 0.25) is 0 Å². The second-order valence-electron chi connectivity index (χ2n) is 11.3. The van der Waals surface area contributed by atoms with Crippen molar-refractivity contribution in [3.05, 3.63) is 54.1 Å². The third-order valence-electron chi connectivity index (χ3n) is 7.94. The molecule has 7 heteroatoms. The summed E-state index contributed by atoms with van der Waals surface area (Å²) >= 11 is 0. The molecule has 1 fully saturated rings. The molecule has 0 radical (unpaired) electrons. The highest BCUT2D eigenvalue weighted by Crippen LogP contribution is 2.34. The Balaban J connectivity index is 1.66. The summed E-state index contributed by atoms with van der Waals surface area (Å²) in [6.45, 7) is 9.56. The Labute approximate surface area is 241 Å². The van der Waals surface area contributed by atoms with Gasteiger partial charge in [0.1, 0.15) is 5.75 Å². The first-order valence-corrected chi connectivity index (χ1v) is 15.1. The Morgan fingerprint density at radius 2 is 1.62 bits per heavy atom. The van der Waals surface area contributed by atoms with Crippen molar-refractivity contribution in [2.75, 3.05) is 33.0 Å². The van der Waals surface area contributed by atoms with E-state index in [1.165, 1.54) is 56.9 Å². The summed E-state index contributed by atoms with van der Waals surface area (Å²) in [6, 6.07) is 8.57. The van der Waals surface area contributed by atoms with Gasteiger partial charge in [0, 0.05) is 11.5 Å². The maximum atomic E-state index is 11.9. The minimum atomic E-state index is -1.26. The Bertz CT molecular complexity index is 858. The number of hydrogen-bond acceptors (Lipinski definition) is 7. The van der Waals surface area contributed by atoms with E-state index in [1.54, 1.807) is 0 Å². The van der Waals surface area contributed by atoms with Crippen LogP contribution in [-0.4, -0.2) is 60.6 Å². The minimum Gasteiger partial charge on any atom is -0.494 e. The molecule has 226 valence electrons. The molecule has 3 N–H and O–H groups in total. The molecule has 40 heavy (non-hydrogen) atoms. The molecular formula is C33H52O7. The zero-order valence-corrected chi connectivity index (χ0v) is 24.5. The number of esters is 1. The quantitative estimate of drug-likeness (QED) is 0.0577. The van der Waals surface area contributed by atoms with Gasteiger partial charge in [-0.3, -0.25) is 0 Å². The second-order valence-corrected chi connectivity index (χ2v) is 11.3. The first kappa shape index (κ1) is 34.0. The van der Waals surface area contributed by atoms with Crippen LogP contribution in [0, 0.1) is 17.8 Å². The van der Waals surface area contributed by atoms with Crippen LogP contribution in [-0.2, 0) is 20.7 Å². The van der Waals surface area contributed by atoms with Crippen LogP contribution in [0.1, 0.15) is 83.1 Å². The van der Waals surface area contributed by atoms with Gasteiger partial charge in [0.05, 0.1) is 38.6 Å². The van der Waals surface area contributed by atoms with Crippen molar-refractivity contribution in [2.45, 2.75) is 90.3 Å². The number of ether oxygens (including phenoxy) is 3. The van der Waals surface area contributed by atoms with Crippen molar-refractivity contribution < 1.29 is 34.3 Å². The molecule has 2 atom stereocenters. The first-order valence-electron chi connectivity index (χ1n) is 15.1. The molecular weight excluding hydrogens is 508 g/mol. The number of benzene rings is 1. The minimum absolute atomic E-state index is 0.00722. The molecule has 1 aliphatic carbocycles. The lowest BCUT2D eigenvalue weighted by Crippen LogP contribution is -2.26. The summed E-state index contributed by atoms with van der Waals surface area (Å²) < 4.78 is 16.8. The molecule has 7 nitrogen and oxygen atoms in total. The van der Waals surface area contributed by atoms with Crippen LogP contribution >= 0.6 is 0 Å². The van der Waals surface area contributed by atoms with Crippen LogP contribution in [0.5, 0.6) is 5.75 Å². The number of rotatable bonds is 21. The molecule has 1 aromatic rings. The summed E-state index contributed by atoms with van der Waals surface area (Å²) in [4.78, 5) is 11.9. The van der Waals surface area contributed by atoms with Gasteiger partial charge in [0.15, 0.2) is 6.29 Å². The molecule has 0 bridgehead atoms. The SMILES string of the molecule is C=C(CO)C(=O)OCC(CCC1CCC(CCCOc2ccc(CCCCC)cc2)CC1)COC(O)C(=C)CO. The van der Waals surface area contributed by atoms with Gasteiger partial charge >= 0.3 is 5.97 Å². The van der Waals surface area contributed by atoms with Crippen molar-refractivity contribution in [1.29, 1.82) is 0 Å². The summed E-state index contributed by atoms with van der Waals surface area (Å²) in [5.74, 6) is 1.57. The monoisotopic (exact) mass is 560 g/mol. The molecule has 1 saturated carbocycles. The second kappa shape index (κ2) is 19.8. The molecule has 1 aliphatic rings. The third-order valence-corrected chi connectivity index (χ3v) is 7.94. The number of hydrogen-bond donors (Lipinski definition) is 3. The lowest BCUT2D eigenvalue weighted by molar-refractivity contribution is -0.143. The van der Waals surface area contributed by atoms with E-state index in [9.17, 15) is 9.90 Å². The van der Waals surface area contributed by atoms with Crippen molar-refractivity contribution in [1.82, 2.24) is 0 Å². The highest BCUT2D eigenvalue weighted by Gasteiger charge is 2.23. The van der Waals surface area contributed by atoms with Gasteiger partial charge in [0.2, 0.25) is 0 Å². The predicted molar refractivity (Wildman–Crippen MR) is 158 cm³/mol. The molecule has 0 aliphatic heterocycles. The van der Waals surface area contributed by atoms with Crippen LogP contribution < -0.4 is 4.74 Å². The largest absolute Gasteiger partial charge is 0.494 e. The number of carbonyl (C=O) groups excluding carboxylic acids is 1. The summed E-state index contributed by atoms with van der Waals surface area (Å²) in [5, 5.41) is 28.2. The van der Waals surface area contributed by atoms with E-state index in [4.69, 9.17) is 24.4 Å². The molecule has 0 amide bonds. The molecule has 0 heterocycles. The molecule has 1 aromatic carbocycles. The van der Waals surface area contributed by atoms with E-state index in [1.807, 2.05) is 0 Å². The van der Waals surface area contributed by atoms with Crippen LogP contribution in [0.3, 0.4) is 0 Å². The molecule has 0 spiro atoms. The van der Waals surface area contributed by atoms with E-state index in [0.29, 0.717) is 5.92 Å². The highest BCUT2D eigenvalue weighted by molar-refractivity contribution is 5.87. The van der Waals surface area contributed by atoms with Gasteiger partial charge in [-0.05, 0) is 68.1 Å². The fourth-order valence-corrected chi connectivity index (χ4v) is 5.17. The van der Waals surface area contributed by atoms with Gasteiger partial charge in [-0.15, -0.1) is 0 Å². The maximum absolute atomic E-state index is 11.9. The Kier molecular flexibility index (Phi) is 16.8. The van der Waals surface area contributed by atoms with Crippen LogP contribution in [0.4, 0.5) is 0 Å². The Morgan fingerprint density at radius 1 is 0.950 bits per heavy atom. The van der Waals surface area contributed by atoms with Crippen molar-refractivity contribution >= 4 is 5.97 Å². The normalized spacial score (nSPS) is 18.6. The number of aliphatic hydroxyl groups excluding tert-OH is 3. The van der Waals surface area contributed by atoms with Crippen molar-refractivity contribution in [2.24, 2.45) is 17.8 Å². The van der Waals surface area contributed by atoms with Gasteiger partial charge in [-0.25, -0.2) is 4.79 Å². The lowest BCUT2D eigenvalue weighted by Gasteiger charge is -2.29. The van der Waals surface area contributed by atoms with E-state index in [-0.39, 0.29) is 36.9 Å². The number of aryl methyl sites for hydroxylation is 1. The summed E-state index contributed by atoms with van der Waals surface area (Å²) in [6.07, 6.45) is 12.5. The highest BCUT2D eigenvalue weighted by atomic mass is 16.6. The van der Waals surface area contributed by atoms with Crippen LogP contribution in [0.25, 0.3) is 0 Å². The van der Waals surface area contributed by atoms with E-state index >= 15 is 0 Å². The third kappa shape index (κ3) is 13.4. The van der Waals surface area contributed by atoms with Crippen molar-refractivity contribution in [3.63, 3.8) is 0 Å².